The van der Waals surface area contributed by atoms with Crippen LogP contribution in [0.4, 0.5) is 0 Å². The van der Waals surface area contributed by atoms with Crippen LogP contribution < -0.4 is 5.73 Å². The van der Waals surface area contributed by atoms with Gasteiger partial charge in [0.05, 0.1) is 37.6 Å². The number of esters is 2. The number of carbonyl (C=O) groups excluding carboxylic acids is 2. The Morgan fingerprint density at radius 1 is 0.574 bits per heavy atom. The van der Waals surface area contributed by atoms with Crippen molar-refractivity contribution in [3.63, 3.8) is 0 Å². The molecule has 9 heteroatoms. The van der Waals surface area contributed by atoms with Gasteiger partial charge in [0.25, 0.3) is 0 Å². The van der Waals surface area contributed by atoms with Crippen LogP contribution in [0.15, 0.2) is 24.3 Å². The molecule has 0 radical (unpaired) electrons. The van der Waals surface area contributed by atoms with Crippen molar-refractivity contribution < 1.29 is 38.4 Å². The number of allylic oxidation sites excluding steroid dienone is 2. The second-order valence-electron chi connectivity index (χ2n) is 15.9. The number of nitrogens with two attached hydrogens (primary N) is 1. The van der Waals surface area contributed by atoms with E-state index in [1.807, 2.05) is 0 Å². The minimum absolute atomic E-state index is 0.0622. The number of rotatable bonds is 38. The van der Waals surface area contributed by atoms with E-state index in [-0.39, 0.29) is 31.1 Å². The molecule has 0 aromatic carbocycles. The number of epoxide rings is 2. The van der Waals surface area contributed by atoms with Gasteiger partial charge in [-0.1, -0.05) is 115 Å². The number of carbonyl (C=O) groups is 3. The molecule has 2 saturated heterocycles. The van der Waals surface area contributed by atoms with Crippen molar-refractivity contribution in [1.29, 1.82) is 0 Å². The number of carboxylic acids is 1. The van der Waals surface area contributed by atoms with Gasteiger partial charge in [0.1, 0.15) is 6.04 Å². The van der Waals surface area contributed by atoms with Gasteiger partial charge in [0.2, 0.25) is 0 Å². The molecule has 5 atom stereocenters. The molecule has 0 aromatic heterocycles. The van der Waals surface area contributed by atoms with E-state index in [9.17, 15) is 19.5 Å². The summed E-state index contributed by atoms with van der Waals surface area (Å²) in [5.41, 5.74) is 5.74. The number of hydrogen-bond donors (Lipinski definition) is 2. The molecule has 312 valence electrons. The van der Waals surface area contributed by atoms with E-state index in [1.165, 1.54) is 77.0 Å². The highest BCUT2D eigenvalue weighted by Crippen LogP contribution is 2.31. The van der Waals surface area contributed by atoms with Crippen LogP contribution in [0.5, 0.6) is 0 Å². The fraction of sp³-hybridized carbons (Fsp3) is 0.844. The zero-order chi connectivity index (χ0) is 39.1. The van der Waals surface area contributed by atoms with Crippen LogP contribution in [0.3, 0.4) is 0 Å². The van der Waals surface area contributed by atoms with Gasteiger partial charge in [-0.05, 0) is 95.8 Å². The van der Waals surface area contributed by atoms with Gasteiger partial charge in [-0.25, -0.2) is 0 Å². The Hall–Kier alpha value is -2.23. The average Bonchev–Trinajstić information content (AvgIpc) is 4.09. The molecule has 0 bridgehead atoms. The molecule has 2 aliphatic rings. The molecule has 0 amide bonds. The molecule has 2 heterocycles. The van der Waals surface area contributed by atoms with Gasteiger partial charge in [0.15, 0.2) is 0 Å². The van der Waals surface area contributed by atoms with Crippen molar-refractivity contribution in [2.45, 2.75) is 224 Å². The lowest BCUT2D eigenvalue weighted by Crippen LogP contribution is -2.30. The Labute approximate surface area is 328 Å². The number of unbranched alkanes of at least 4 members (excludes halogenated alkanes) is 14. The summed E-state index contributed by atoms with van der Waals surface area (Å²) in [5, 5.41) is 9.20. The zero-order valence-corrected chi connectivity index (χ0v) is 34.4. The molecule has 0 saturated carbocycles. The first-order valence-corrected chi connectivity index (χ1v) is 22.2. The summed E-state index contributed by atoms with van der Waals surface area (Å²) >= 11 is 0. The minimum Gasteiger partial charge on any atom is -0.480 e. The van der Waals surface area contributed by atoms with Gasteiger partial charge in [-0.3, -0.25) is 14.4 Å². The highest BCUT2D eigenvalue weighted by Gasteiger charge is 2.37. The van der Waals surface area contributed by atoms with Crippen molar-refractivity contribution in [3.05, 3.63) is 24.3 Å². The fourth-order valence-electron chi connectivity index (χ4n) is 7.09. The molecular weight excluding hydrogens is 682 g/mol. The molecule has 5 unspecified atom stereocenters. The minimum atomic E-state index is -1.02. The Kier molecular flexibility index (Phi) is 28.3. The molecule has 0 spiro atoms. The summed E-state index contributed by atoms with van der Waals surface area (Å²) in [5.74, 6) is -1.34. The van der Waals surface area contributed by atoms with Crippen molar-refractivity contribution in [1.82, 2.24) is 0 Å². The average molecular weight is 762 g/mol. The van der Waals surface area contributed by atoms with Crippen LogP contribution in [-0.4, -0.2) is 66.7 Å². The van der Waals surface area contributed by atoms with E-state index in [1.54, 1.807) is 0 Å². The second-order valence-corrected chi connectivity index (χ2v) is 15.9. The molecule has 54 heavy (non-hydrogen) atoms. The lowest BCUT2D eigenvalue weighted by molar-refractivity contribution is -0.144. The summed E-state index contributed by atoms with van der Waals surface area (Å²) in [6.07, 6.45) is 38.9. The monoisotopic (exact) mass is 762 g/mol. The summed E-state index contributed by atoms with van der Waals surface area (Å²) in [6, 6.07) is -0.931. The highest BCUT2D eigenvalue weighted by molar-refractivity contribution is 5.73. The van der Waals surface area contributed by atoms with E-state index in [4.69, 9.17) is 24.7 Å². The molecule has 2 aliphatic heterocycles. The summed E-state index contributed by atoms with van der Waals surface area (Å²) in [6.45, 7) is 5.03. The van der Waals surface area contributed by atoms with Gasteiger partial charge in [-0.2, -0.15) is 0 Å². The summed E-state index contributed by atoms with van der Waals surface area (Å²) < 4.78 is 22.5. The van der Waals surface area contributed by atoms with Crippen molar-refractivity contribution in [2.24, 2.45) is 11.7 Å². The zero-order valence-electron chi connectivity index (χ0n) is 34.4. The predicted octanol–water partition coefficient (Wildman–Crippen LogP) is 10.7. The van der Waals surface area contributed by atoms with Crippen LogP contribution >= 0.6 is 0 Å². The molecule has 3 N–H and O–H groups in total. The summed E-state index contributed by atoms with van der Waals surface area (Å²) in [7, 11) is 0. The van der Waals surface area contributed by atoms with Crippen molar-refractivity contribution >= 4 is 17.9 Å². The van der Waals surface area contributed by atoms with E-state index in [0.717, 1.165) is 64.2 Å². The lowest BCUT2D eigenvalue weighted by Gasteiger charge is -2.18. The van der Waals surface area contributed by atoms with Crippen LogP contribution in [0.25, 0.3) is 0 Å². The van der Waals surface area contributed by atoms with Crippen LogP contribution in [0.2, 0.25) is 0 Å². The number of aliphatic carboxylic acids is 1. The number of ether oxygens (including phenoxy) is 4. The smallest absolute Gasteiger partial charge is 0.320 e. The van der Waals surface area contributed by atoms with E-state index in [2.05, 4.69) is 38.2 Å². The topological polar surface area (TPSA) is 141 Å². The second kappa shape index (κ2) is 31.9. The quantitative estimate of drug-likeness (QED) is 0.0272. The Bertz CT molecular complexity index is 963. The highest BCUT2D eigenvalue weighted by atomic mass is 16.6. The Morgan fingerprint density at radius 3 is 1.46 bits per heavy atom. The van der Waals surface area contributed by atoms with Gasteiger partial charge < -0.3 is 29.8 Å². The molecule has 0 aromatic rings. The van der Waals surface area contributed by atoms with E-state index < -0.39 is 12.0 Å². The molecular formula is C45H79NO8. The third-order valence-electron chi connectivity index (χ3n) is 10.9. The first kappa shape index (κ1) is 47.9. The lowest BCUT2D eigenvalue weighted by atomic mass is 9.94. The summed E-state index contributed by atoms with van der Waals surface area (Å²) in [4.78, 5) is 35.9. The van der Waals surface area contributed by atoms with E-state index >= 15 is 0 Å². The van der Waals surface area contributed by atoms with Gasteiger partial charge >= 0.3 is 17.9 Å². The normalized spacial score (nSPS) is 20.4. The third kappa shape index (κ3) is 26.6. The van der Waals surface area contributed by atoms with Crippen LogP contribution in [0, 0.1) is 5.92 Å². The number of carboxylic acid groups (broad SMARTS) is 1. The van der Waals surface area contributed by atoms with Crippen LogP contribution in [-0.2, 0) is 33.3 Å². The maximum atomic E-state index is 12.3. The maximum absolute atomic E-state index is 12.3. The SMILES string of the molecule is CCCCCC1OC1CC=CCCCCCCCC(=O)OCCC(CCOC(=O)CCCCCCCC=CCC1OC1CCCCC)CCC(N)C(=O)O. The van der Waals surface area contributed by atoms with Crippen LogP contribution in [0.1, 0.15) is 194 Å². The standard InChI is InChI=1S/C45H79NO8/c1-3-5-19-25-39-41(53-39)27-21-15-11-7-9-13-17-23-29-43(47)51-35-33-37(31-32-38(46)45(49)50)34-36-52-44(48)30-24-18-14-10-8-12-16-22-28-42-40(54-42)26-20-6-4-2/h15-16,21-22,37-42H,3-14,17-20,23-36,46H2,1-2H3,(H,49,50). The Morgan fingerprint density at radius 2 is 1.02 bits per heavy atom. The molecule has 9 nitrogen and oxygen atoms in total. The van der Waals surface area contributed by atoms with E-state index in [0.29, 0.717) is 62.9 Å². The maximum Gasteiger partial charge on any atom is 0.320 e. The predicted molar refractivity (Wildman–Crippen MR) is 217 cm³/mol. The Balaban J connectivity index is 1.44. The largest absolute Gasteiger partial charge is 0.480 e. The molecule has 0 aliphatic carbocycles. The van der Waals surface area contributed by atoms with Crippen molar-refractivity contribution in [2.75, 3.05) is 13.2 Å². The third-order valence-corrected chi connectivity index (χ3v) is 10.9. The van der Waals surface area contributed by atoms with Gasteiger partial charge in [0, 0.05) is 12.8 Å². The van der Waals surface area contributed by atoms with Crippen molar-refractivity contribution in [3.8, 4) is 0 Å². The number of hydrogen-bond acceptors (Lipinski definition) is 8. The van der Waals surface area contributed by atoms with Gasteiger partial charge in [-0.15, -0.1) is 0 Å². The molecule has 2 rings (SSSR count). The first-order chi connectivity index (χ1) is 26.3. The molecule has 2 fully saturated rings. The fourth-order valence-corrected chi connectivity index (χ4v) is 7.09. The first-order valence-electron chi connectivity index (χ1n) is 22.2.